The van der Waals surface area contributed by atoms with Gasteiger partial charge in [0.05, 0.1) is 6.42 Å². The van der Waals surface area contributed by atoms with Crippen molar-refractivity contribution in [1.82, 2.24) is 9.80 Å². The first-order chi connectivity index (χ1) is 12.8. The van der Waals surface area contributed by atoms with Gasteiger partial charge in [-0.2, -0.15) is 0 Å². The smallest absolute Gasteiger partial charge is 0.310 e. The maximum absolute atomic E-state index is 12.2. The Morgan fingerprint density at radius 3 is 2.35 bits per heavy atom. The highest BCUT2D eigenvalue weighted by Gasteiger charge is 2.37. The Morgan fingerprint density at radius 2 is 1.62 bits per heavy atom. The number of piperazine rings is 1. The van der Waals surface area contributed by atoms with E-state index < -0.39 is 0 Å². The second kappa shape index (κ2) is 8.02. The first-order valence-electron chi connectivity index (χ1n) is 9.50. The van der Waals surface area contributed by atoms with Gasteiger partial charge in [0.15, 0.2) is 0 Å². The summed E-state index contributed by atoms with van der Waals surface area (Å²) in [6.45, 7) is 5.08. The van der Waals surface area contributed by atoms with Gasteiger partial charge in [-0.3, -0.25) is 14.6 Å². The van der Waals surface area contributed by atoms with E-state index >= 15 is 0 Å². The van der Waals surface area contributed by atoms with Gasteiger partial charge in [0.2, 0.25) is 0 Å². The summed E-state index contributed by atoms with van der Waals surface area (Å²) in [7, 11) is 0. The van der Waals surface area contributed by atoms with Crippen LogP contribution in [0.2, 0.25) is 0 Å². The number of rotatable bonds is 5. The molecule has 136 valence electrons. The molecule has 2 heterocycles. The van der Waals surface area contributed by atoms with Crippen LogP contribution >= 0.6 is 0 Å². The van der Waals surface area contributed by atoms with E-state index in [1.807, 2.05) is 30.3 Å². The summed E-state index contributed by atoms with van der Waals surface area (Å²) >= 11 is 0. The monoisotopic (exact) mass is 350 g/mol. The topological polar surface area (TPSA) is 32.8 Å². The molecule has 4 nitrogen and oxygen atoms in total. The molecule has 2 aromatic carbocycles. The lowest BCUT2D eigenvalue weighted by atomic mass is 10.1. The Bertz CT molecular complexity index is 719. The molecule has 0 amide bonds. The standard InChI is InChI=1S/C22H26N2O2/c25-22(13-18-7-3-1-4-8-18)26-21-14-20-16-23(11-12-24(20)17-21)15-19-9-5-2-6-10-19/h1-10,20-21H,11-17H2/t20-,21+/m0/s1. The third-order valence-corrected chi connectivity index (χ3v) is 5.40. The minimum atomic E-state index is -0.109. The largest absolute Gasteiger partial charge is 0.461 e. The molecule has 2 aliphatic heterocycles. The zero-order valence-corrected chi connectivity index (χ0v) is 15.1. The van der Waals surface area contributed by atoms with Crippen molar-refractivity contribution < 1.29 is 9.53 Å². The number of hydrogen-bond donors (Lipinski definition) is 0. The van der Waals surface area contributed by atoms with E-state index in [9.17, 15) is 4.79 Å². The summed E-state index contributed by atoms with van der Waals surface area (Å²) in [5.41, 5.74) is 2.38. The number of benzene rings is 2. The van der Waals surface area contributed by atoms with E-state index in [0.717, 1.165) is 44.7 Å². The number of carbonyl (C=O) groups excluding carboxylic acids is 1. The average molecular weight is 350 g/mol. The van der Waals surface area contributed by atoms with Crippen LogP contribution < -0.4 is 0 Å². The highest BCUT2D eigenvalue weighted by Crippen LogP contribution is 2.25. The normalized spacial score (nSPS) is 23.5. The van der Waals surface area contributed by atoms with Gasteiger partial charge in [-0.15, -0.1) is 0 Å². The van der Waals surface area contributed by atoms with Crippen molar-refractivity contribution in [1.29, 1.82) is 0 Å². The van der Waals surface area contributed by atoms with Crippen molar-refractivity contribution in [2.24, 2.45) is 0 Å². The lowest BCUT2D eigenvalue weighted by Gasteiger charge is -2.37. The molecule has 2 aromatic rings. The van der Waals surface area contributed by atoms with E-state index in [2.05, 4.69) is 40.1 Å². The zero-order chi connectivity index (χ0) is 17.8. The van der Waals surface area contributed by atoms with E-state index in [1.165, 1.54) is 5.56 Å². The minimum Gasteiger partial charge on any atom is -0.461 e. The number of nitrogens with zero attached hydrogens (tertiary/aromatic N) is 2. The molecular formula is C22H26N2O2. The van der Waals surface area contributed by atoms with Gasteiger partial charge in [0.25, 0.3) is 0 Å². The van der Waals surface area contributed by atoms with Gasteiger partial charge in [-0.25, -0.2) is 0 Å². The van der Waals surface area contributed by atoms with Crippen molar-refractivity contribution in [2.45, 2.75) is 31.5 Å². The van der Waals surface area contributed by atoms with Crippen LogP contribution in [0.1, 0.15) is 17.5 Å². The Kier molecular flexibility index (Phi) is 5.32. The molecule has 2 fully saturated rings. The fourth-order valence-corrected chi connectivity index (χ4v) is 4.12. The van der Waals surface area contributed by atoms with Crippen LogP contribution in [0.5, 0.6) is 0 Å². The van der Waals surface area contributed by atoms with Crippen molar-refractivity contribution in [3.8, 4) is 0 Å². The molecular weight excluding hydrogens is 324 g/mol. The quantitative estimate of drug-likeness (QED) is 0.777. The second-order valence-corrected chi connectivity index (χ2v) is 7.38. The fourth-order valence-electron chi connectivity index (χ4n) is 4.12. The van der Waals surface area contributed by atoms with Gasteiger partial charge < -0.3 is 4.74 Å². The van der Waals surface area contributed by atoms with E-state index in [0.29, 0.717) is 12.5 Å². The SMILES string of the molecule is O=C(Cc1ccccc1)O[C@@H]1C[C@H]2CN(Cc3ccccc3)CCN2C1. The third-order valence-electron chi connectivity index (χ3n) is 5.40. The molecule has 0 unspecified atom stereocenters. The summed E-state index contributed by atoms with van der Waals surface area (Å²) in [5.74, 6) is -0.109. The number of hydrogen-bond acceptors (Lipinski definition) is 4. The Labute approximate surface area is 155 Å². The summed E-state index contributed by atoms with van der Waals surface area (Å²) in [5, 5.41) is 0. The van der Waals surface area contributed by atoms with Crippen molar-refractivity contribution >= 4 is 5.97 Å². The number of carbonyl (C=O) groups is 1. The molecule has 0 aromatic heterocycles. The van der Waals surface area contributed by atoms with Gasteiger partial charge in [0.1, 0.15) is 6.10 Å². The molecule has 0 spiro atoms. The Hall–Kier alpha value is -2.17. The van der Waals surface area contributed by atoms with Crippen molar-refractivity contribution in [2.75, 3.05) is 26.2 Å². The average Bonchev–Trinajstić information content (AvgIpc) is 3.04. The maximum Gasteiger partial charge on any atom is 0.310 e. The maximum atomic E-state index is 12.2. The predicted molar refractivity (Wildman–Crippen MR) is 102 cm³/mol. The first kappa shape index (κ1) is 17.3. The van der Waals surface area contributed by atoms with Gasteiger partial charge in [-0.05, 0) is 11.1 Å². The van der Waals surface area contributed by atoms with Crippen LogP contribution in [0.25, 0.3) is 0 Å². The molecule has 2 saturated heterocycles. The summed E-state index contributed by atoms with van der Waals surface area (Å²) < 4.78 is 5.76. The molecule has 4 heteroatoms. The van der Waals surface area contributed by atoms with Gasteiger partial charge >= 0.3 is 5.97 Å². The van der Waals surface area contributed by atoms with Crippen LogP contribution in [-0.4, -0.2) is 54.1 Å². The molecule has 4 rings (SSSR count). The number of fused-ring (bicyclic) bond motifs is 1. The lowest BCUT2D eigenvalue weighted by Crippen LogP contribution is -2.49. The summed E-state index contributed by atoms with van der Waals surface area (Å²) in [6.07, 6.45) is 1.35. The van der Waals surface area contributed by atoms with Gasteiger partial charge in [-0.1, -0.05) is 60.7 Å². The molecule has 0 aliphatic carbocycles. The molecule has 0 saturated carbocycles. The molecule has 2 aliphatic rings. The van der Waals surface area contributed by atoms with E-state index in [4.69, 9.17) is 4.74 Å². The third kappa shape index (κ3) is 4.32. The highest BCUT2D eigenvalue weighted by atomic mass is 16.5. The van der Waals surface area contributed by atoms with Gasteiger partial charge in [0, 0.05) is 45.2 Å². The molecule has 0 N–H and O–H groups in total. The van der Waals surface area contributed by atoms with Crippen LogP contribution in [0.15, 0.2) is 60.7 Å². The van der Waals surface area contributed by atoms with Crippen LogP contribution in [-0.2, 0) is 22.5 Å². The second-order valence-electron chi connectivity index (χ2n) is 7.38. The molecule has 0 bridgehead atoms. The number of esters is 1. The van der Waals surface area contributed by atoms with Crippen molar-refractivity contribution in [3.63, 3.8) is 0 Å². The zero-order valence-electron chi connectivity index (χ0n) is 15.1. The summed E-state index contributed by atoms with van der Waals surface area (Å²) in [6, 6.07) is 21.0. The highest BCUT2D eigenvalue weighted by molar-refractivity contribution is 5.72. The first-order valence-corrected chi connectivity index (χ1v) is 9.50. The fraction of sp³-hybridized carbons (Fsp3) is 0.409. The van der Waals surface area contributed by atoms with E-state index in [1.54, 1.807) is 0 Å². The Balaban J connectivity index is 1.27. The predicted octanol–water partition coefficient (Wildman–Crippen LogP) is 2.73. The molecule has 2 atom stereocenters. The molecule has 0 radical (unpaired) electrons. The van der Waals surface area contributed by atoms with Crippen molar-refractivity contribution in [3.05, 3.63) is 71.8 Å². The summed E-state index contributed by atoms with van der Waals surface area (Å²) in [4.78, 5) is 17.2. The van der Waals surface area contributed by atoms with Crippen LogP contribution in [0, 0.1) is 0 Å². The van der Waals surface area contributed by atoms with Crippen LogP contribution in [0.3, 0.4) is 0 Å². The Morgan fingerprint density at radius 1 is 0.923 bits per heavy atom. The molecule has 26 heavy (non-hydrogen) atoms. The van der Waals surface area contributed by atoms with Crippen LogP contribution in [0.4, 0.5) is 0 Å². The van der Waals surface area contributed by atoms with E-state index in [-0.39, 0.29) is 12.1 Å². The lowest BCUT2D eigenvalue weighted by molar-refractivity contribution is -0.147. The number of ether oxygens (including phenoxy) is 1. The minimum absolute atomic E-state index is 0.0351.